The summed E-state index contributed by atoms with van der Waals surface area (Å²) in [6.45, 7) is 2.95. The lowest BCUT2D eigenvalue weighted by atomic mass is 10.3. The number of fused-ring (bicyclic) bond motifs is 1. The second-order valence-electron chi connectivity index (χ2n) is 4.85. The molecule has 0 bridgehead atoms. The van der Waals surface area contributed by atoms with Gasteiger partial charge in [-0.15, -0.1) is 16.4 Å². The molecule has 0 unspecified atom stereocenters. The highest BCUT2D eigenvalue weighted by Crippen LogP contribution is 2.22. The quantitative estimate of drug-likeness (QED) is 0.506. The van der Waals surface area contributed by atoms with Gasteiger partial charge in [-0.2, -0.15) is 0 Å². The van der Waals surface area contributed by atoms with E-state index in [0.717, 1.165) is 30.7 Å². The van der Waals surface area contributed by atoms with Crippen LogP contribution in [0.15, 0.2) is 21.4 Å². The van der Waals surface area contributed by atoms with Gasteiger partial charge in [0.05, 0.1) is 11.3 Å². The Balaban J connectivity index is 1.81. The average Bonchev–Trinajstić information content (AvgIpc) is 3.16. The molecule has 22 heavy (non-hydrogen) atoms. The number of hydrogen-bond donors (Lipinski definition) is 0. The van der Waals surface area contributed by atoms with Crippen molar-refractivity contribution in [1.29, 1.82) is 0 Å². The van der Waals surface area contributed by atoms with Gasteiger partial charge < -0.3 is 0 Å². The number of unbranched alkanes of at least 4 members (excludes halogenated alkanes) is 1. The van der Waals surface area contributed by atoms with E-state index < -0.39 is 0 Å². The molecule has 0 aromatic carbocycles. The Bertz CT molecular complexity index is 837. The average molecular weight is 336 g/mol. The van der Waals surface area contributed by atoms with Crippen molar-refractivity contribution in [1.82, 2.24) is 29.8 Å². The Morgan fingerprint density at radius 2 is 2.27 bits per heavy atom. The maximum atomic E-state index is 12.3. The van der Waals surface area contributed by atoms with Crippen LogP contribution < -0.4 is 5.56 Å². The van der Waals surface area contributed by atoms with Gasteiger partial charge in [0.1, 0.15) is 4.70 Å². The van der Waals surface area contributed by atoms with Gasteiger partial charge in [-0.1, -0.05) is 25.1 Å². The van der Waals surface area contributed by atoms with Crippen LogP contribution in [0.5, 0.6) is 0 Å². The zero-order chi connectivity index (χ0) is 15.5. The van der Waals surface area contributed by atoms with E-state index in [0.29, 0.717) is 15.6 Å². The number of aryl methyl sites for hydroxylation is 1. The van der Waals surface area contributed by atoms with Gasteiger partial charge in [-0.05, 0) is 28.3 Å². The molecule has 0 amide bonds. The highest BCUT2D eigenvalue weighted by molar-refractivity contribution is 7.98. The number of rotatable bonds is 6. The SMILES string of the molecule is CCCCn1nnnc1CSc1nc2ccsc2c(=O)n1C. The molecule has 0 saturated carbocycles. The van der Waals surface area contributed by atoms with Crippen LogP contribution >= 0.6 is 23.1 Å². The van der Waals surface area contributed by atoms with Gasteiger partial charge in [-0.3, -0.25) is 9.36 Å². The Hall–Kier alpha value is -1.74. The van der Waals surface area contributed by atoms with E-state index in [-0.39, 0.29) is 5.56 Å². The molecule has 3 rings (SSSR count). The predicted octanol–water partition coefficient (Wildman–Crippen LogP) is 2.07. The van der Waals surface area contributed by atoms with E-state index in [9.17, 15) is 4.79 Å². The summed E-state index contributed by atoms with van der Waals surface area (Å²) in [7, 11) is 1.75. The highest BCUT2D eigenvalue weighted by atomic mass is 32.2. The Kier molecular flexibility index (Phi) is 4.53. The lowest BCUT2D eigenvalue weighted by molar-refractivity contribution is 0.540. The highest BCUT2D eigenvalue weighted by Gasteiger charge is 2.12. The number of nitrogens with zero attached hydrogens (tertiary/aromatic N) is 6. The molecule has 0 N–H and O–H groups in total. The fraction of sp³-hybridized carbons (Fsp3) is 0.462. The van der Waals surface area contributed by atoms with Crippen molar-refractivity contribution in [3.8, 4) is 0 Å². The molecule has 0 radical (unpaired) electrons. The van der Waals surface area contributed by atoms with Gasteiger partial charge in [0.2, 0.25) is 0 Å². The van der Waals surface area contributed by atoms with Crippen molar-refractivity contribution in [3.05, 3.63) is 27.6 Å². The summed E-state index contributed by atoms with van der Waals surface area (Å²) >= 11 is 2.90. The predicted molar refractivity (Wildman–Crippen MR) is 87.1 cm³/mol. The molecule has 3 aromatic rings. The molecule has 9 heteroatoms. The number of tetrazole rings is 1. The monoisotopic (exact) mass is 336 g/mol. The summed E-state index contributed by atoms with van der Waals surface area (Å²) in [4.78, 5) is 16.8. The summed E-state index contributed by atoms with van der Waals surface area (Å²) in [6.07, 6.45) is 2.14. The van der Waals surface area contributed by atoms with E-state index in [2.05, 4.69) is 27.4 Å². The maximum Gasteiger partial charge on any atom is 0.271 e. The molecule has 0 spiro atoms. The maximum absolute atomic E-state index is 12.3. The third kappa shape index (κ3) is 2.91. The molecule has 0 aliphatic rings. The standard InChI is InChI=1S/C13H16N6OS2/c1-3-4-6-19-10(15-16-17-19)8-22-13-14-9-5-7-21-11(9)12(20)18(13)2/h5,7H,3-4,6,8H2,1-2H3. The topological polar surface area (TPSA) is 78.5 Å². The normalized spacial score (nSPS) is 11.4. The molecule has 7 nitrogen and oxygen atoms in total. The fourth-order valence-corrected chi connectivity index (χ4v) is 3.74. The Labute approximate surface area is 135 Å². The van der Waals surface area contributed by atoms with Crippen LogP contribution in [0.25, 0.3) is 10.2 Å². The summed E-state index contributed by atoms with van der Waals surface area (Å²) in [5.41, 5.74) is 0.745. The lowest BCUT2D eigenvalue weighted by Crippen LogP contribution is -2.19. The molecule has 0 saturated heterocycles. The van der Waals surface area contributed by atoms with E-state index in [4.69, 9.17) is 0 Å². The third-order valence-electron chi connectivity index (χ3n) is 3.31. The first-order valence-electron chi connectivity index (χ1n) is 7.02. The van der Waals surface area contributed by atoms with Crippen molar-refractivity contribution < 1.29 is 0 Å². The number of thiophene rings is 1. The molecule has 0 fully saturated rings. The van der Waals surface area contributed by atoms with Gasteiger partial charge in [0, 0.05) is 13.6 Å². The van der Waals surface area contributed by atoms with E-state index >= 15 is 0 Å². The molecular formula is C13H16N6OS2. The second kappa shape index (κ2) is 6.57. The van der Waals surface area contributed by atoms with Crippen LogP contribution in [0.1, 0.15) is 25.6 Å². The largest absolute Gasteiger partial charge is 0.290 e. The zero-order valence-corrected chi connectivity index (χ0v) is 14.0. The number of hydrogen-bond acceptors (Lipinski definition) is 7. The van der Waals surface area contributed by atoms with Gasteiger partial charge in [0.15, 0.2) is 11.0 Å². The van der Waals surface area contributed by atoms with Gasteiger partial charge in [-0.25, -0.2) is 9.67 Å². The van der Waals surface area contributed by atoms with Gasteiger partial charge >= 0.3 is 0 Å². The minimum Gasteiger partial charge on any atom is -0.290 e. The number of aromatic nitrogens is 6. The van der Waals surface area contributed by atoms with Crippen LogP contribution in [-0.2, 0) is 19.3 Å². The minimum absolute atomic E-state index is 0.00641. The zero-order valence-electron chi connectivity index (χ0n) is 12.4. The van der Waals surface area contributed by atoms with Crippen molar-refractivity contribution in [3.63, 3.8) is 0 Å². The lowest BCUT2D eigenvalue weighted by Gasteiger charge is -2.07. The smallest absolute Gasteiger partial charge is 0.271 e. The van der Waals surface area contributed by atoms with E-state index in [1.165, 1.54) is 23.1 Å². The Morgan fingerprint density at radius 3 is 3.09 bits per heavy atom. The molecule has 3 aromatic heterocycles. The van der Waals surface area contributed by atoms with Crippen molar-refractivity contribution in [2.45, 2.75) is 37.2 Å². The third-order valence-corrected chi connectivity index (χ3v) is 5.22. The Morgan fingerprint density at radius 1 is 1.41 bits per heavy atom. The summed E-state index contributed by atoms with van der Waals surface area (Å²) in [6, 6.07) is 1.87. The van der Waals surface area contributed by atoms with Crippen LogP contribution in [0.3, 0.4) is 0 Å². The molecule has 0 aliphatic heterocycles. The second-order valence-corrected chi connectivity index (χ2v) is 6.71. The first-order valence-corrected chi connectivity index (χ1v) is 8.89. The van der Waals surface area contributed by atoms with Crippen molar-refractivity contribution in [2.24, 2.45) is 7.05 Å². The van der Waals surface area contributed by atoms with E-state index in [1.54, 1.807) is 11.6 Å². The number of thioether (sulfide) groups is 1. The van der Waals surface area contributed by atoms with Crippen LogP contribution in [0.4, 0.5) is 0 Å². The molecule has 0 atom stereocenters. The van der Waals surface area contributed by atoms with Gasteiger partial charge in [0.25, 0.3) is 5.56 Å². The first kappa shape index (κ1) is 15.2. The first-order chi connectivity index (χ1) is 10.7. The molecule has 116 valence electrons. The molecule has 0 aliphatic carbocycles. The summed E-state index contributed by atoms with van der Waals surface area (Å²) < 4.78 is 4.10. The van der Waals surface area contributed by atoms with E-state index in [1.807, 2.05) is 16.1 Å². The van der Waals surface area contributed by atoms with Crippen LogP contribution in [0, 0.1) is 0 Å². The van der Waals surface area contributed by atoms with Crippen molar-refractivity contribution in [2.75, 3.05) is 0 Å². The summed E-state index contributed by atoms with van der Waals surface area (Å²) in [5, 5.41) is 14.4. The van der Waals surface area contributed by atoms with Crippen LogP contribution in [-0.4, -0.2) is 29.8 Å². The molecular weight excluding hydrogens is 320 g/mol. The fourth-order valence-electron chi connectivity index (χ4n) is 2.03. The van der Waals surface area contributed by atoms with Crippen LogP contribution in [0.2, 0.25) is 0 Å². The van der Waals surface area contributed by atoms with Crippen molar-refractivity contribution >= 4 is 33.3 Å². The minimum atomic E-state index is -0.00641. The summed E-state index contributed by atoms with van der Waals surface area (Å²) in [5.74, 6) is 1.39. The molecule has 3 heterocycles.